The van der Waals surface area contributed by atoms with Gasteiger partial charge in [-0.05, 0) is 47.9 Å². The van der Waals surface area contributed by atoms with E-state index in [1.54, 1.807) is 7.11 Å². The molecule has 2 nitrogen and oxygen atoms in total. The standard InChI is InChI=1S/C19H23NO/c1-5-7-18(6-2)20-14(3)15-8-9-17-13-19(21-4)11-10-16(17)12-15/h1,8-14,18,20H,6-7H2,2-4H3. The van der Waals surface area contributed by atoms with Crippen molar-refractivity contribution in [1.29, 1.82) is 0 Å². The second-order valence-corrected chi connectivity index (χ2v) is 5.37. The average molecular weight is 281 g/mol. The largest absolute Gasteiger partial charge is 0.497 e. The summed E-state index contributed by atoms with van der Waals surface area (Å²) in [6.07, 6.45) is 7.23. The van der Waals surface area contributed by atoms with Crippen molar-refractivity contribution in [2.45, 2.75) is 38.8 Å². The smallest absolute Gasteiger partial charge is 0.119 e. The highest BCUT2D eigenvalue weighted by atomic mass is 16.5. The Morgan fingerprint density at radius 2 is 1.90 bits per heavy atom. The molecule has 0 aliphatic rings. The number of hydrogen-bond donors (Lipinski definition) is 1. The summed E-state index contributed by atoms with van der Waals surface area (Å²) in [5.41, 5.74) is 1.28. The summed E-state index contributed by atoms with van der Waals surface area (Å²) in [6, 6.07) is 13.4. The summed E-state index contributed by atoms with van der Waals surface area (Å²) in [4.78, 5) is 0. The van der Waals surface area contributed by atoms with E-state index in [0.717, 1.165) is 18.6 Å². The van der Waals surface area contributed by atoms with Crippen LogP contribution in [0.1, 0.15) is 38.3 Å². The van der Waals surface area contributed by atoms with Crippen molar-refractivity contribution in [3.05, 3.63) is 42.0 Å². The van der Waals surface area contributed by atoms with Gasteiger partial charge in [0.15, 0.2) is 0 Å². The molecule has 0 saturated heterocycles. The minimum atomic E-state index is 0.287. The van der Waals surface area contributed by atoms with Crippen LogP contribution in [0.3, 0.4) is 0 Å². The van der Waals surface area contributed by atoms with Gasteiger partial charge < -0.3 is 10.1 Å². The van der Waals surface area contributed by atoms with Crippen LogP contribution in [0.15, 0.2) is 36.4 Å². The number of ether oxygens (including phenoxy) is 1. The summed E-state index contributed by atoms with van der Waals surface area (Å²) in [6.45, 7) is 4.35. The van der Waals surface area contributed by atoms with Gasteiger partial charge in [0.2, 0.25) is 0 Å². The third kappa shape index (κ3) is 3.77. The molecular formula is C19H23NO. The average Bonchev–Trinajstić information content (AvgIpc) is 2.53. The van der Waals surface area contributed by atoms with Crippen LogP contribution >= 0.6 is 0 Å². The molecule has 0 fully saturated rings. The molecule has 0 spiro atoms. The number of methoxy groups -OCH3 is 1. The van der Waals surface area contributed by atoms with E-state index in [-0.39, 0.29) is 6.04 Å². The number of hydrogen-bond acceptors (Lipinski definition) is 2. The van der Waals surface area contributed by atoms with Gasteiger partial charge in [0.25, 0.3) is 0 Å². The first-order valence-corrected chi connectivity index (χ1v) is 7.45. The van der Waals surface area contributed by atoms with Crippen LogP contribution in [0.2, 0.25) is 0 Å². The Labute approximate surface area is 127 Å². The Morgan fingerprint density at radius 1 is 1.19 bits per heavy atom. The number of benzene rings is 2. The van der Waals surface area contributed by atoms with Crippen LogP contribution in [0.4, 0.5) is 0 Å². The predicted molar refractivity (Wildman–Crippen MR) is 89.6 cm³/mol. The van der Waals surface area contributed by atoms with Gasteiger partial charge in [-0.1, -0.05) is 25.1 Å². The van der Waals surface area contributed by atoms with E-state index in [9.17, 15) is 0 Å². The van der Waals surface area contributed by atoms with Crippen molar-refractivity contribution < 1.29 is 4.74 Å². The Kier molecular flexibility index (Phi) is 5.25. The molecule has 0 bridgehead atoms. The van der Waals surface area contributed by atoms with Crippen molar-refractivity contribution in [2.75, 3.05) is 7.11 Å². The van der Waals surface area contributed by atoms with Crippen LogP contribution in [0, 0.1) is 12.3 Å². The van der Waals surface area contributed by atoms with E-state index in [1.165, 1.54) is 16.3 Å². The molecule has 0 aliphatic carbocycles. The minimum Gasteiger partial charge on any atom is -0.497 e. The molecule has 0 aromatic heterocycles. The lowest BCUT2D eigenvalue weighted by atomic mass is 10.0. The fraction of sp³-hybridized carbons (Fsp3) is 0.368. The number of terminal acetylenes is 1. The second kappa shape index (κ2) is 7.15. The lowest BCUT2D eigenvalue weighted by molar-refractivity contribution is 0.415. The summed E-state index contributed by atoms with van der Waals surface area (Å²) in [5.74, 6) is 3.63. The first-order chi connectivity index (χ1) is 10.2. The number of rotatable bonds is 6. The monoisotopic (exact) mass is 281 g/mol. The molecule has 0 heterocycles. The third-order valence-corrected chi connectivity index (χ3v) is 3.91. The zero-order valence-electron chi connectivity index (χ0n) is 13.0. The van der Waals surface area contributed by atoms with Crippen molar-refractivity contribution in [2.24, 2.45) is 0 Å². The molecule has 2 heteroatoms. The number of nitrogens with one attached hydrogen (secondary N) is 1. The number of fused-ring (bicyclic) bond motifs is 1. The zero-order chi connectivity index (χ0) is 15.2. The van der Waals surface area contributed by atoms with Gasteiger partial charge in [-0.3, -0.25) is 0 Å². The predicted octanol–water partition coefficient (Wildman–Crippen LogP) is 4.30. The molecule has 2 atom stereocenters. The fourth-order valence-corrected chi connectivity index (χ4v) is 2.55. The zero-order valence-corrected chi connectivity index (χ0v) is 13.0. The highest BCUT2D eigenvalue weighted by molar-refractivity contribution is 5.84. The quantitative estimate of drug-likeness (QED) is 0.797. The summed E-state index contributed by atoms with van der Waals surface area (Å²) >= 11 is 0. The molecule has 0 saturated carbocycles. The lowest BCUT2D eigenvalue weighted by Crippen LogP contribution is -2.30. The maximum atomic E-state index is 5.42. The van der Waals surface area contributed by atoms with Crippen LogP contribution in [0.25, 0.3) is 10.8 Å². The van der Waals surface area contributed by atoms with E-state index in [2.05, 4.69) is 55.4 Å². The third-order valence-electron chi connectivity index (χ3n) is 3.91. The van der Waals surface area contributed by atoms with Gasteiger partial charge in [-0.15, -0.1) is 12.3 Å². The minimum absolute atomic E-state index is 0.287. The maximum absolute atomic E-state index is 5.42. The van der Waals surface area contributed by atoms with Crippen LogP contribution in [-0.2, 0) is 0 Å². The van der Waals surface area contributed by atoms with Gasteiger partial charge in [0.05, 0.1) is 7.11 Å². The maximum Gasteiger partial charge on any atom is 0.119 e. The van der Waals surface area contributed by atoms with Crippen LogP contribution in [-0.4, -0.2) is 13.2 Å². The van der Waals surface area contributed by atoms with E-state index in [0.29, 0.717) is 6.04 Å². The van der Waals surface area contributed by atoms with E-state index in [1.807, 2.05) is 6.07 Å². The van der Waals surface area contributed by atoms with Gasteiger partial charge >= 0.3 is 0 Å². The molecule has 2 unspecified atom stereocenters. The molecule has 21 heavy (non-hydrogen) atoms. The summed E-state index contributed by atoms with van der Waals surface area (Å²) in [7, 11) is 1.69. The van der Waals surface area contributed by atoms with E-state index >= 15 is 0 Å². The summed E-state index contributed by atoms with van der Waals surface area (Å²) < 4.78 is 5.26. The molecule has 2 aromatic rings. The van der Waals surface area contributed by atoms with Crippen molar-refractivity contribution in [3.63, 3.8) is 0 Å². The van der Waals surface area contributed by atoms with Gasteiger partial charge in [-0.25, -0.2) is 0 Å². The van der Waals surface area contributed by atoms with Crippen LogP contribution in [0.5, 0.6) is 5.75 Å². The molecular weight excluding hydrogens is 258 g/mol. The summed E-state index contributed by atoms with van der Waals surface area (Å²) in [5, 5.41) is 6.03. The Bertz CT molecular complexity index is 642. The molecule has 0 aliphatic heterocycles. The molecule has 2 rings (SSSR count). The SMILES string of the molecule is C#CCC(CC)NC(C)c1ccc2cc(OC)ccc2c1. The van der Waals surface area contributed by atoms with Gasteiger partial charge in [0, 0.05) is 18.5 Å². The van der Waals surface area contributed by atoms with E-state index < -0.39 is 0 Å². The van der Waals surface area contributed by atoms with Crippen molar-refractivity contribution >= 4 is 10.8 Å². The van der Waals surface area contributed by atoms with Crippen molar-refractivity contribution in [3.8, 4) is 18.1 Å². The highest BCUT2D eigenvalue weighted by Gasteiger charge is 2.11. The van der Waals surface area contributed by atoms with Crippen LogP contribution < -0.4 is 10.1 Å². The first kappa shape index (κ1) is 15.4. The highest BCUT2D eigenvalue weighted by Crippen LogP contribution is 2.24. The Balaban J connectivity index is 2.20. The normalized spacial score (nSPS) is 13.6. The lowest BCUT2D eigenvalue weighted by Gasteiger charge is -2.21. The Morgan fingerprint density at radius 3 is 2.57 bits per heavy atom. The molecule has 110 valence electrons. The molecule has 2 aromatic carbocycles. The fourth-order valence-electron chi connectivity index (χ4n) is 2.55. The topological polar surface area (TPSA) is 21.3 Å². The molecule has 1 N–H and O–H groups in total. The van der Waals surface area contributed by atoms with Gasteiger partial charge in [0.1, 0.15) is 5.75 Å². The van der Waals surface area contributed by atoms with Crippen molar-refractivity contribution in [1.82, 2.24) is 5.32 Å². The molecule has 0 amide bonds. The Hall–Kier alpha value is -1.98. The van der Waals surface area contributed by atoms with E-state index in [4.69, 9.17) is 11.2 Å². The first-order valence-electron chi connectivity index (χ1n) is 7.45. The van der Waals surface area contributed by atoms with Gasteiger partial charge in [-0.2, -0.15) is 0 Å². The molecule has 0 radical (unpaired) electrons. The second-order valence-electron chi connectivity index (χ2n) is 5.37.